The van der Waals surface area contributed by atoms with Gasteiger partial charge in [0, 0.05) is 5.41 Å². The summed E-state index contributed by atoms with van der Waals surface area (Å²) in [6.07, 6.45) is 1.75. The maximum atomic E-state index is 10.8. The summed E-state index contributed by atoms with van der Waals surface area (Å²) in [5.41, 5.74) is 0.821. The van der Waals surface area contributed by atoms with E-state index >= 15 is 0 Å². The van der Waals surface area contributed by atoms with Crippen molar-refractivity contribution in [2.45, 2.75) is 12.4 Å². The number of fused-ring (bicyclic) bond motifs is 1. The van der Waals surface area contributed by atoms with E-state index in [0.29, 0.717) is 11.4 Å². The summed E-state index contributed by atoms with van der Waals surface area (Å²) in [6, 6.07) is 0. The van der Waals surface area contributed by atoms with Crippen LogP contribution in [-0.2, 0) is 4.79 Å². The second-order valence-corrected chi connectivity index (χ2v) is 3.49. The number of nitrogens with zero attached hydrogens (tertiary/aromatic N) is 2. The van der Waals surface area contributed by atoms with Crippen molar-refractivity contribution >= 4 is 29.2 Å². The van der Waals surface area contributed by atoms with Crippen molar-refractivity contribution in [1.82, 2.24) is 0 Å². The molecule has 2 aliphatic heterocycles. The highest BCUT2D eigenvalue weighted by atomic mass is 32.2. The summed E-state index contributed by atoms with van der Waals surface area (Å²) in [4.78, 5) is 14.9. The van der Waals surface area contributed by atoms with E-state index in [0.717, 1.165) is 0 Å². The van der Waals surface area contributed by atoms with E-state index in [2.05, 4.69) is 4.99 Å². The lowest BCUT2D eigenvalue weighted by atomic mass is 10.2. The van der Waals surface area contributed by atoms with Gasteiger partial charge in [0.2, 0.25) is 0 Å². The molecule has 0 radical (unpaired) electrons. The third-order valence-electron chi connectivity index (χ3n) is 1.77. The van der Waals surface area contributed by atoms with E-state index < -0.39 is 5.97 Å². The van der Waals surface area contributed by atoms with Gasteiger partial charge in [0.25, 0.3) is 0 Å². The Kier molecular flexibility index (Phi) is 1.54. The number of aliphatic carboxylic acids is 1. The van der Waals surface area contributed by atoms with Crippen molar-refractivity contribution in [3.05, 3.63) is 11.6 Å². The van der Waals surface area contributed by atoms with Crippen LogP contribution < -0.4 is 0 Å². The van der Waals surface area contributed by atoms with Gasteiger partial charge in [-0.3, -0.25) is 0 Å². The van der Waals surface area contributed by atoms with Crippen molar-refractivity contribution in [3.8, 4) is 0 Å². The van der Waals surface area contributed by atoms with Gasteiger partial charge >= 0.3 is 17.2 Å². The number of hydrogen-bond acceptors (Lipinski definition) is 3. The molecule has 12 heavy (non-hydrogen) atoms. The fraction of sp³-hybridized carbons (Fsp3) is 0.286. The van der Waals surface area contributed by atoms with Crippen LogP contribution in [0.15, 0.2) is 16.6 Å². The Morgan fingerprint density at radius 1 is 1.83 bits per heavy atom. The number of thioether (sulfide) groups is 1. The van der Waals surface area contributed by atoms with E-state index in [1.807, 2.05) is 5.41 Å². The van der Waals surface area contributed by atoms with Gasteiger partial charge in [-0.25, -0.2) is 9.79 Å². The molecule has 0 aromatic heterocycles. The molecule has 0 aromatic carbocycles. The fourth-order valence-corrected chi connectivity index (χ4v) is 2.13. The van der Waals surface area contributed by atoms with Crippen molar-refractivity contribution in [2.24, 2.45) is 4.99 Å². The van der Waals surface area contributed by atoms with Crippen molar-refractivity contribution < 1.29 is 14.5 Å². The van der Waals surface area contributed by atoms with Gasteiger partial charge in [-0.1, -0.05) is 0 Å². The normalized spacial score (nSPS) is 26.1. The van der Waals surface area contributed by atoms with Gasteiger partial charge in [0.15, 0.2) is 6.20 Å². The fourth-order valence-electron chi connectivity index (χ4n) is 1.27. The first kappa shape index (κ1) is 7.54. The SMILES string of the molecule is CC1=NC2SC=C[N+]2=C1C(=O)O. The van der Waals surface area contributed by atoms with E-state index in [9.17, 15) is 4.79 Å². The molecule has 0 fully saturated rings. The van der Waals surface area contributed by atoms with Gasteiger partial charge in [-0.15, -0.1) is 0 Å². The molecule has 1 unspecified atom stereocenters. The topological polar surface area (TPSA) is 52.7 Å². The molecule has 0 saturated heterocycles. The molecule has 1 N–H and O–H groups in total. The molecule has 2 rings (SSSR count). The van der Waals surface area contributed by atoms with Gasteiger partial charge in [-0.05, 0) is 18.7 Å². The number of hydrogen-bond donors (Lipinski definition) is 1. The largest absolute Gasteiger partial charge is 0.473 e. The molecule has 0 saturated carbocycles. The lowest BCUT2D eigenvalue weighted by molar-refractivity contribution is -0.460. The van der Waals surface area contributed by atoms with Crippen LogP contribution in [0.1, 0.15) is 6.92 Å². The van der Waals surface area contributed by atoms with Crippen molar-refractivity contribution in [1.29, 1.82) is 0 Å². The quantitative estimate of drug-likeness (QED) is 0.602. The van der Waals surface area contributed by atoms with E-state index in [-0.39, 0.29) is 5.50 Å². The Labute approximate surface area is 73.3 Å². The van der Waals surface area contributed by atoms with Gasteiger partial charge in [-0.2, -0.15) is 4.58 Å². The third kappa shape index (κ3) is 0.896. The predicted octanol–water partition coefficient (Wildman–Crippen LogP) is 0.501. The van der Waals surface area contributed by atoms with E-state index in [1.165, 1.54) is 11.8 Å². The zero-order valence-electron chi connectivity index (χ0n) is 6.39. The van der Waals surface area contributed by atoms with Gasteiger partial charge in [0.05, 0.1) is 0 Å². The van der Waals surface area contributed by atoms with Crippen LogP contribution in [0, 0.1) is 0 Å². The molecule has 0 aromatic rings. The maximum absolute atomic E-state index is 10.8. The molecule has 0 amide bonds. The monoisotopic (exact) mass is 183 g/mol. The molecular weight excluding hydrogens is 176 g/mol. The molecule has 1 atom stereocenters. The maximum Gasteiger partial charge on any atom is 0.403 e. The zero-order valence-corrected chi connectivity index (χ0v) is 7.21. The Bertz CT molecular complexity index is 343. The molecule has 0 aliphatic carbocycles. The Balaban J connectivity index is 2.51. The minimum absolute atomic E-state index is 0.0731. The predicted molar refractivity (Wildman–Crippen MR) is 46.5 cm³/mol. The summed E-state index contributed by atoms with van der Waals surface area (Å²) < 4.78 is 1.67. The van der Waals surface area contributed by atoms with Crippen LogP contribution in [0.5, 0.6) is 0 Å². The van der Waals surface area contributed by atoms with Crippen LogP contribution >= 0.6 is 11.8 Å². The average molecular weight is 183 g/mol. The Morgan fingerprint density at radius 3 is 3.25 bits per heavy atom. The van der Waals surface area contributed by atoms with Crippen LogP contribution in [0.2, 0.25) is 0 Å². The smallest absolute Gasteiger partial charge is 0.403 e. The standard InChI is InChI=1S/C7H6N2O2S/c1-4-5(6(10)11)9-2-3-12-7(9)8-4/h2-3,7H,1H3/p+1. The second kappa shape index (κ2) is 2.45. The van der Waals surface area contributed by atoms with Crippen LogP contribution in [0.4, 0.5) is 0 Å². The summed E-state index contributed by atoms with van der Waals surface area (Å²) in [5, 5.41) is 10.7. The van der Waals surface area contributed by atoms with Crippen LogP contribution in [0.3, 0.4) is 0 Å². The number of carbonyl (C=O) groups is 1. The Hall–Kier alpha value is -1.10. The summed E-state index contributed by atoms with van der Waals surface area (Å²) in [5.74, 6) is -0.911. The Morgan fingerprint density at radius 2 is 2.58 bits per heavy atom. The molecule has 5 heteroatoms. The first-order valence-electron chi connectivity index (χ1n) is 3.45. The first-order chi connectivity index (χ1) is 5.70. The molecule has 4 nitrogen and oxygen atoms in total. The summed E-state index contributed by atoms with van der Waals surface area (Å²) >= 11 is 1.51. The molecule has 62 valence electrons. The van der Waals surface area contributed by atoms with E-state index in [4.69, 9.17) is 5.11 Å². The average Bonchev–Trinajstić information content (AvgIpc) is 2.44. The van der Waals surface area contributed by atoms with Crippen LogP contribution in [0.25, 0.3) is 0 Å². The van der Waals surface area contributed by atoms with Gasteiger partial charge in [0.1, 0.15) is 5.71 Å². The number of aliphatic imine (C=N–C) groups is 1. The molecule has 0 bridgehead atoms. The molecule has 2 heterocycles. The van der Waals surface area contributed by atoms with E-state index in [1.54, 1.807) is 17.7 Å². The number of rotatable bonds is 1. The minimum atomic E-state index is -0.911. The third-order valence-corrected chi connectivity index (χ3v) is 2.62. The highest BCUT2D eigenvalue weighted by Gasteiger charge is 2.39. The highest BCUT2D eigenvalue weighted by molar-refractivity contribution is 8.02. The lowest BCUT2D eigenvalue weighted by Gasteiger charge is -1.91. The van der Waals surface area contributed by atoms with Crippen LogP contribution in [-0.4, -0.2) is 32.6 Å². The highest BCUT2D eigenvalue weighted by Crippen LogP contribution is 2.26. The summed E-state index contributed by atoms with van der Waals surface area (Å²) in [6.45, 7) is 1.72. The lowest BCUT2D eigenvalue weighted by Crippen LogP contribution is -2.26. The van der Waals surface area contributed by atoms with Crippen molar-refractivity contribution in [2.75, 3.05) is 0 Å². The molecular formula is C7H7N2O2S+. The number of carboxylic acid groups (broad SMARTS) is 1. The van der Waals surface area contributed by atoms with Gasteiger partial charge < -0.3 is 5.11 Å². The summed E-state index contributed by atoms with van der Waals surface area (Å²) in [7, 11) is 0. The van der Waals surface area contributed by atoms with Crippen molar-refractivity contribution in [3.63, 3.8) is 0 Å². The zero-order chi connectivity index (χ0) is 8.72. The second-order valence-electron chi connectivity index (χ2n) is 2.52. The molecule has 0 spiro atoms. The first-order valence-corrected chi connectivity index (χ1v) is 4.40. The molecule has 2 aliphatic rings. The number of carboxylic acids is 1. The minimum Gasteiger partial charge on any atom is -0.473 e.